The number of nitrogens with one attached hydrogen (secondary N) is 3. The summed E-state index contributed by atoms with van der Waals surface area (Å²) in [5.41, 5.74) is 0.934. The van der Waals surface area contributed by atoms with Crippen LogP contribution in [0.1, 0.15) is 33.2 Å². The van der Waals surface area contributed by atoms with Crippen molar-refractivity contribution in [2.45, 2.75) is 13.0 Å². The number of hydrogen-bond donors (Lipinski definition) is 4. The fraction of sp³-hybridized carbons (Fsp3) is 0.115. The Labute approximate surface area is 206 Å². The molecular formula is C26H23N3O7. The third kappa shape index (κ3) is 7.26. The normalized spacial score (nSPS) is 11.0. The van der Waals surface area contributed by atoms with Crippen molar-refractivity contribution in [3.05, 3.63) is 95.6 Å². The van der Waals surface area contributed by atoms with Gasteiger partial charge in [0.25, 0.3) is 5.91 Å². The topological polar surface area (TPSA) is 155 Å². The molecule has 2 amide bonds. The van der Waals surface area contributed by atoms with Crippen molar-refractivity contribution < 1.29 is 33.8 Å². The van der Waals surface area contributed by atoms with E-state index in [1.54, 1.807) is 37.3 Å². The highest BCUT2D eigenvalue weighted by Crippen LogP contribution is 2.14. The van der Waals surface area contributed by atoms with Gasteiger partial charge in [-0.05, 0) is 55.5 Å². The lowest BCUT2D eigenvalue weighted by Crippen LogP contribution is -2.38. The average Bonchev–Trinajstić information content (AvgIpc) is 2.87. The van der Waals surface area contributed by atoms with E-state index in [1.165, 1.54) is 48.5 Å². The first-order valence-corrected chi connectivity index (χ1v) is 10.8. The highest BCUT2D eigenvalue weighted by molar-refractivity contribution is 6.06. The first kappa shape index (κ1) is 25.6. The van der Waals surface area contributed by atoms with Crippen LogP contribution in [0.4, 0.5) is 4.79 Å². The molecule has 0 aliphatic rings. The van der Waals surface area contributed by atoms with Gasteiger partial charge in [-0.15, -0.1) is 0 Å². The van der Waals surface area contributed by atoms with Crippen LogP contribution in [0.2, 0.25) is 0 Å². The summed E-state index contributed by atoms with van der Waals surface area (Å²) in [6, 6.07) is 19.4. The molecule has 0 saturated carbocycles. The van der Waals surface area contributed by atoms with E-state index in [2.05, 4.69) is 10.6 Å². The van der Waals surface area contributed by atoms with Crippen molar-refractivity contribution in [1.82, 2.24) is 10.6 Å². The van der Waals surface area contributed by atoms with Crippen LogP contribution >= 0.6 is 0 Å². The molecule has 0 bridgehead atoms. The number of carboxylic acids is 1. The maximum atomic E-state index is 12.6. The lowest BCUT2D eigenvalue weighted by molar-refractivity contribution is -0.139. The summed E-state index contributed by atoms with van der Waals surface area (Å²) in [4.78, 5) is 47.7. The van der Waals surface area contributed by atoms with Crippen molar-refractivity contribution >= 4 is 29.6 Å². The predicted molar refractivity (Wildman–Crippen MR) is 130 cm³/mol. The van der Waals surface area contributed by atoms with Crippen molar-refractivity contribution in [3.8, 4) is 11.5 Å². The van der Waals surface area contributed by atoms with E-state index in [4.69, 9.17) is 20.0 Å². The zero-order chi connectivity index (χ0) is 26.1. The quantitative estimate of drug-likeness (QED) is 0.204. The Hall–Kier alpha value is -4.99. The van der Waals surface area contributed by atoms with E-state index in [1.807, 2.05) is 0 Å². The highest BCUT2D eigenvalue weighted by Gasteiger charge is 2.19. The van der Waals surface area contributed by atoms with Crippen molar-refractivity contribution in [2.75, 3.05) is 6.61 Å². The largest absolute Gasteiger partial charge is 0.482 e. The molecule has 0 saturated heterocycles. The first-order chi connectivity index (χ1) is 17.2. The molecule has 184 valence electrons. The number of Topliss-reactive ketones (excluding diaryl/α,β-unsaturated/α-hetero) is 1. The molecule has 3 rings (SSSR count). The number of amides is 2. The van der Waals surface area contributed by atoms with E-state index >= 15 is 0 Å². The van der Waals surface area contributed by atoms with E-state index in [0.29, 0.717) is 22.6 Å². The Kier molecular flexibility index (Phi) is 8.49. The van der Waals surface area contributed by atoms with Gasteiger partial charge < -0.3 is 19.9 Å². The molecule has 1 atom stereocenters. The van der Waals surface area contributed by atoms with Gasteiger partial charge in [-0.25, -0.2) is 9.59 Å². The van der Waals surface area contributed by atoms with Crippen LogP contribution in [0.25, 0.3) is 0 Å². The van der Waals surface area contributed by atoms with Crippen molar-refractivity contribution in [2.24, 2.45) is 0 Å². The minimum absolute atomic E-state index is 0.206. The summed E-state index contributed by atoms with van der Waals surface area (Å²) in [6.45, 7) is 1.05. The Morgan fingerprint density at radius 2 is 1.42 bits per heavy atom. The third-order valence-corrected chi connectivity index (χ3v) is 4.86. The Bertz CT molecular complexity index is 1260. The number of ketones is 1. The standard InChI is InChI=1S/C26H23N3O7/c1-16(23(32)17-11-13-20(14-12-17)35-15-22(30)31)28-25(33)19-9-7-18(8-10-19)24(27)29-26(34)36-21-5-3-2-4-6-21/h2-14,16H,15H2,1H3,(H,28,33)(H,30,31)(H2,27,29,34)/t16-/m0/s1. The summed E-state index contributed by atoms with van der Waals surface area (Å²) >= 11 is 0. The minimum atomic E-state index is -1.11. The molecule has 0 unspecified atom stereocenters. The van der Waals surface area contributed by atoms with Gasteiger partial charge >= 0.3 is 12.1 Å². The Balaban J connectivity index is 1.53. The van der Waals surface area contributed by atoms with Crippen LogP contribution in [0, 0.1) is 5.41 Å². The molecule has 0 fully saturated rings. The molecule has 3 aromatic rings. The van der Waals surface area contributed by atoms with Crippen LogP contribution in [0.3, 0.4) is 0 Å². The van der Waals surface area contributed by atoms with Gasteiger partial charge in [0.1, 0.15) is 17.3 Å². The summed E-state index contributed by atoms with van der Waals surface area (Å²) < 4.78 is 10.1. The SMILES string of the molecule is C[C@H](NC(=O)c1ccc(C(=N)NC(=O)Oc2ccccc2)cc1)C(=O)c1ccc(OCC(=O)O)cc1. The van der Waals surface area contributed by atoms with Crippen LogP contribution < -0.4 is 20.1 Å². The molecule has 0 aliphatic carbocycles. The fourth-order valence-electron chi connectivity index (χ4n) is 3.04. The van der Waals surface area contributed by atoms with E-state index in [-0.39, 0.29) is 17.2 Å². The molecule has 0 spiro atoms. The summed E-state index contributed by atoms with van der Waals surface area (Å²) in [7, 11) is 0. The summed E-state index contributed by atoms with van der Waals surface area (Å²) in [5.74, 6) is -1.51. The fourth-order valence-corrected chi connectivity index (χ4v) is 3.04. The number of benzene rings is 3. The van der Waals surface area contributed by atoms with Gasteiger partial charge in [0, 0.05) is 16.7 Å². The lowest BCUT2D eigenvalue weighted by atomic mass is 10.0. The Morgan fingerprint density at radius 3 is 2.03 bits per heavy atom. The molecule has 10 heteroatoms. The van der Waals surface area contributed by atoms with Crippen LogP contribution in [0.5, 0.6) is 11.5 Å². The zero-order valence-corrected chi connectivity index (χ0v) is 19.2. The average molecular weight is 489 g/mol. The molecule has 3 aromatic carbocycles. The summed E-state index contributed by atoms with van der Waals surface area (Å²) in [6.07, 6.45) is -0.818. The second-order valence-electron chi connectivity index (χ2n) is 7.55. The smallest absolute Gasteiger partial charge is 0.418 e. The van der Waals surface area contributed by atoms with Gasteiger partial charge in [-0.1, -0.05) is 30.3 Å². The van der Waals surface area contributed by atoms with Crippen molar-refractivity contribution in [3.63, 3.8) is 0 Å². The predicted octanol–water partition coefficient (Wildman–Crippen LogP) is 3.27. The monoisotopic (exact) mass is 489 g/mol. The molecule has 10 nitrogen and oxygen atoms in total. The molecule has 0 aliphatic heterocycles. The maximum absolute atomic E-state index is 12.6. The number of rotatable bonds is 9. The zero-order valence-electron chi connectivity index (χ0n) is 19.2. The number of amidine groups is 1. The molecular weight excluding hydrogens is 466 g/mol. The third-order valence-electron chi connectivity index (χ3n) is 4.86. The number of carbonyl (C=O) groups is 4. The second kappa shape index (κ2) is 11.9. The van der Waals surface area contributed by atoms with Crippen LogP contribution in [-0.4, -0.2) is 47.3 Å². The van der Waals surface area contributed by atoms with Crippen molar-refractivity contribution in [1.29, 1.82) is 5.41 Å². The molecule has 0 radical (unpaired) electrons. The highest BCUT2D eigenvalue weighted by atomic mass is 16.6. The Morgan fingerprint density at radius 1 is 0.833 bits per heavy atom. The summed E-state index contributed by atoms with van der Waals surface area (Å²) in [5, 5.41) is 21.6. The van der Waals surface area contributed by atoms with Gasteiger partial charge in [0.2, 0.25) is 0 Å². The van der Waals surface area contributed by atoms with Gasteiger partial charge in [-0.3, -0.25) is 20.3 Å². The van der Waals surface area contributed by atoms with Gasteiger partial charge in [0.15, 0.2) is 12.4 Å². The molecule has 0 heterocycles. The van der Waals surface area contributed by atoms with Crippen LogP contribution in [0.15, 0.2) is 78.9 Å². The van der Waals surface area contributed by atoms with E-state index < -0.39 is 30.6 Å². The number of para-hydroxylation sites is 1. The first-order valence-electron chi connectivity index (χ1n) is 10.8. The van der Waals surface area contributed by atoms with E-state index in [9.17, 15) is 19.2 Å². The molecule has 36 heavy (non-hydrogen) atoms. The van der Waals surface area contributed by atoms with Gasteiger partial charge in [0.05, 0.1) is 6.04 Å². The van der Waals surface area contributed by atoms with Gasteiger partial charge in [-0.2, -0.15) is 0 Å². The number of carbonyl (C=O) groups excluding carboxylic acids is 3. The number of hydrogen-bond acceptors (Lipinski definition) is 7. The molecule has 0 aromatic heterocycles. The minimum Gasteiger partial charge on any atom is -0.482 e. The number of ether oxygens (including phenoxy) is 2. The maximum Gasteiger partial charge on any atom is 0.418 e. The van der Waals surface area contributed by atoms with E-state index in [0.717, 1.165) is 0 Å². The number of aliphatic carboxylic acids is 1. The second-order valence-corrected chi connectivity index (χ2v) is 7.55. The molecule has 4 N–H and O–H groups in total. The lowest BCUT2D eigenvalue weighted by Gasteiger charge is -2.14. The van der Waals surface area contributed by atoms with Crippen LogP contribution in [-0.2, 0) is 4.79 Å². The number of carboxylic acid groups (broad SMARTS) is 1.